The van der Waals surface area contributed by atoms with E-state index >= 15 is 0 Å². The molecule has 0 aromatic heterocycles. The van der Waals surface area contributed by atoms with Crippen LogP contribution in [0.2, 0.25) is 0 Å². The molecule has 0 radical (unpaired) electrons. The van der Waals surface area contributed by atoms with Crippen molar-refractivity contribution in [1.82, 2.24) is 5.32 Å². The monoisotopic (exact) mass is 295 g/mol. The number of rotatable bonds is 13. The maximum Gasteiger partial charge on any atom is 0.281 e. The van der Waals surface area contributed by atoms with Crippen molar-refractivity contribution in [2.45, 2.75) is 70.1 Å². The summed E-state index contributed by atoms with van der Waals surface area (Å²) in [7, 11) is -4.06. The first-order chi connectivity index (χ1) is 9.02. The fourth-order valence-electron chi connectivity index (χ4n) is 2.05. The van der Waals surface area contributed by atoms with E-state index in [4.69, 9.17) is 9.66 Å². The minimum absolute atomic E-state index is 0.135. The molecular weight excluding hydrogens is 266 g/mol. The van der Waals surface area contributed by atoms with Gasteiger partial charge in [-0.1, -0.05) is 58.3 Å². The van der Waals surface area contributed by atoms with Gasteiger partial charge in [-0.05, 0) is 6.42 Å². The first kappa shape index (κ1) is 18.8. The molecule has 0 aliphatic carbocycles. The lowest BCUT2D eigenvalue weighted by atomic mass is 10.1. The second-order valence-electron chi connectivity index (χ2n) is 4.94. The van der Waals surface area contributed by atoms with Gasteiger partial charge in [0.2, 0.25) is 0 Å². The molecular formula is C13H29NO4S. The summed E-state index contributed by atoms with van der Waals surface area (Å²) in [4.78, 5) is 0. The summed E-state index contributed by atoms with van der Waals surface area (Å²) in [5.41, 5.74) is 0. The van der Waals surface area contributed by atoms with E-state index in [0.717, 1.165) is 19.3 Å². The molecule has 1 atom stereocenters. The van der Waals surface area contributed by atoms with Crippen molar-refractivity contribution >= 4 is 10.1 Å². The van der Waals surface area contributed by atoms with E-state index in [0.29, 0.717) is 6.42 Å². The Bertz CT molecular complexity index is 293. The average molecular weight is 295 g/mol. The van der Waals surface area contributed by atoms with Crippen LogP contribution in [0.5, 0.6) is 0 Å². The summed E-state index contributed by atoms with van der Waals surface area (Å²) in [6.07, 6.45) is 9.52. The highest BCUT2D eigenvalue weighted by Crippen LogP contribution is 2.12. The molecule has 0 saturated heterocycles. The van der Waals surface area contributed by atoms with Crippen LogP contribution in [0.15, 0.2) is 0 Å². The smallest absolute Gasteiger partial charge is 0.281 e. The van der Waals surface area contributed by atoms with Gasteiger partial charge in [0, 0.05) is 6.54 Å². The van der Waals surface area contributed by atoms with Crippen molar-refractivity contribution in [2.75, 3.05) is 13.2 Å². The summed E-state index contributed by atoms with van der Waals surface area (Å²) in [5.74, 6) is 0. The van der Waals surface area contributed by atoms with Gasteiger partial charge in [0.15, 0.2) is 0 Å². The quantitative estimate of drug-likeness (QED) is 0.358. The van der Waals surface area contributed by atoms with E-state index in [1.165, 1.54) is 32.1 Å². The lowest BCUT2D eigenvalue weighted by Crippen LogP contribution is -2.38. The van der Waals surface area contributed by atoms with Crippen LogP contribution in [-0.4, -0.2) is 36.6 Å². The maximum absolute atomic E-state index is 11.1. The third kappa shape index (κ3) is 11.4. The summed E-state index contributed by atoms with van der Waals surface area (Å²) in [6, 6.07) is 0. The molecule has 0 fully saturated rings. The van der Waals surface area contributed by atoms with Crippen molar-refractivity contribution in [2.24, 2.45) is 0 Å². The van der Waals surface area contributed by atoms with E-state index < -0.39 is 15.5 Å². The zero-order chi connectivity index (χ0) is 14.6. The van der Waals surface area contributed by atoms with Crippen LogP contribution < -0.4 is 5.32 Å². The fraction of sp³-hybridized carbons (Fsp3) is 1.00. The molecule has 1 unspecified atom stereocenters. The van der Waals surface area contributed by atoms with E-state index in [1.807, 2.05) is 0 Å². The van der Waals surface area contributed by atoms with Crippen molar-refractivity contribution in [3.05, 3.63) is 0 Å². The Kier molecular flexibility index (Phi) is 11.5. The van der Waals surface area contributed by atoms with Crippen molar-refractivity contribution in [3.8, 4) is 0 Å². The summed E-state index contributed by atoms with van der Waals surface area (Å²) < 4.78 is 31.2. The molecule has 0 spiro atoms. The lowest BCUT2D eigenvalue weighted by Gasteiger charge is -2.14. The highest BCUT2D eigenvalue weighted by molar-refractivity contribution is 7.86. The zero-order valence-electron chi connectivity index (χ0n) is 12.0. The fourth-order valence-corrected chi connectivity index (χ4v) is 2.84. The molecule has 0 rings (SSSR count). The summed E-state index contributed by atoms with van der Waals surface area (Å²) >= 11 is 0. The molecule has 0 heterocycles. The molecule has 0 aromatic carbocycles. The summed E-state index contributed by atoms with van der Waals surface area (Å²) in [5, 5.41) is 10.3. The van der Waals surface area contributed by atoms with E-state index in [2.05, 4.69) is 12.2 Å². The Labute approximate surface area is 117 Å². The Morgan fingerprint density at radius 1 is 1.00 bits per heavy atom. The van der Waals surface area contributed by atoms with E-state index in [9.17, 15) is 8.42 Å². The molecule has 0 saturated carbocycles. The molecule has 19 heavy (non-hydrogen) atoms. The van der Waals surface area contributed by atoms with Gasteiger partial charge >= 0.3 is 0 Å². The molecule has 5 nitrogen and oxygen atoms in total. The van der Waals surface area contributed by atoms with Gasteiger partial charge in [0.05, 0.1) is 6.61 Å². The SMILES string of the molecule is CCCCCCCCCCC(NCCO)S(=O)(=O)O. The number of hydrogen-bond donors (Lipinski definition) is 3. The Hall–Kier alpha value is -0.170. The zero-order valence-corrected chi connectivity index (χ0v) is 12.8. The molecule has 0 aliphatic heterocycles. The van der Waals surface area contributed by atoms with Crippen LogP contribution >= 0.6 is 0 Å². The van der Waals surface area contributed by atoms with Gasteiger partial charge in [-0.2, -0.15) is 8.42 Å². The minimum Gasteiger partial charge on any atom is -0.395 e. The largest absolute Gasteiger partial charge is 0.395 e. The second-order valence-corrected chi connectivity index (χ2v) is 6.54. The highest BCUT2D eigenvalue weighted by Gasteiger charge is 2.21. The molecule has 3 N–H and O–H groups in total. The minimum atomic E-state index is -4.06. The Morgan fingerprint density at radius 2 is 1.53 bits per heavy atom. The van der Waals surface area contributed by atoms with Crippen LogP contribution in [0.3, 0.4) is 0 Å². The van der Waals surface area contributed by atoms with Crippen molar-refractivity contribution in [3.63, 3.8) is 0 Å². The first-order valence-electron chi connectivity index (χ1n) is 7.33. The number of aliphatic hydroxyl groups is 1. The van der Waals surface area contributed by atoms with Crippen LogP contribution in [-0.2, 0) is 10.1 Å². The molecule has 0 aromatic rings. The Balaban J connectivity index is 3.64. The number of unbranched alkanes of at least 4 members (excludes halogenated alkanes) is 7. The van der Waals surface area contributed by atoms with Gasteiger partial charge in [-0.15, -0.1) is 0 Å². The standard InChI is InChI=1S/C13H29NO4S/c1-2-3-4-5-6-7-8-9-10-13(14-11-12-15)19(16,17)18/h13-15H,2-12H2,1H3,(H,16,17,18). The van der Waals surface area contributed by atoms with Crippen LogP contribution in [0.25, 0.3) is 0 Å². The predicted molar refractivity (Wildman–Crippen MR) is 77.7 cm³/mol. The molecule has 6 heteroatoms. The first-order valence-corrected chi connectivity index (χ1v) is 8.83. The normalized spacial score (nSPS) is 13.6. The van der Waals surface area contributed by atoms with Gasteiger partial charge in [0.25, 0.3) is 10.1 Å². The molecule has 0 bridgehead atoms. The molecule has 116 valence electrons. The van der Waals surface area contributed by atoms with Crippen LogP contribution in [0, 0.1) is 0 Å². The third-order valence-corrected chi connectivity index (χ3v) is 4.28. The second kappa shape index (κ2) is 11.6. The predicted octanol–water partition coefficient (Wildman–Crippen LogP) is 2.31. The van der Waals surface area contributed by atoms with Gasteiger partial charge in [-0.25, -0.2) is 0 Å². The lowest BCUT2D eigenvalue weighted by molar-refractivity contribution is 0.287. The van der Waals surface area contributed by atoms with E-state index in [1.54, 1.807) is 0 Å². The Morgan fingerprint density at radius 3 is 2.00 bits per heavy atom. The number of nitrogens with one attached hydrogen (secondary N) is 1. The van der Waals surface area contributed by atoms with Gasteiger partial charge in [-0.3, -0.25) is 9.87 Å². The third-order valence-electron chi connectivity index (χ3n) is 3.16. The topological polar surface area (TPSA) is 86.6 Å². The van der Waals surface area contributed by atoms with E-state index in [-0.39, 0.29) is 13.2 Å². The maximum atomic E-state index is 11.1. The van der Waals surface area contributed by atoms with Crippen LogP contribution in [0.1, 0.15) is 64.7 Å². The van der Waals surface area contributed by atoms with Gasteiger partial charge < -0.3 is 5.11 Å². The number of hydrogen-bond acceptors (Lipinski definition) is 4. The summed E-state index contributed by atoms with van der Waals surface area (Å²) in [6.45, 7) is 2.24. The van der Waals surface area contributed by atoms with Crippen LogP contribution in [0.4, 0.5) is 0 Å². The van der Waals surface area contributed by atoms with Crippen molar-refractivity contribution in [1.29, 1.82) is 0 Å². The molecule has 0 amide bonds. The number of aliphatic hydroxyl groups excluding tert-OH is 1. The molecule has 0 aliphatic rings. The average Bonchev–Trinajstić information content (AvgIpc) is 2.34. The van der Waals surface area contributed by atoms with Crippen molar-refractivity contribution < 1.29 is 18.1 Å². The van der Waals surface area contributed by atoms with Gasteiger partial charge in [0.1, 0.15) is 5.37 Å². The highest BCUT2D eigenvalue weighted by atomic mass is 32.2.